The molecule has 0 saturated heterocycles. The van der Waals surface area contributed by atoms with Gasteiger partial charge >= 0.3 is 5.97 Å². The molecule has 0 atom stereocenters. The van der Waals surface area contributed by atoms with E-state index in [1.807, 2.05) is 0 Å². The number of carboxylic acids is 1. The second-order valence-corrected chi connectivity index (χ2v) is 4.96. The highest BCUT2D eigenvalue weighted by Gasteiger charge is 2.20. The molecule has 5 nitrogen and oxygen atoms in total. The molecule has 7 heteroatoms. The molecule has 0 spiro atoms. The lowest BCUT2D eigenvalue weighted by atomic mass is 10.2. The average Bonchev–Trinajstić information content (AvgIpc) is 2.01. The summed E-state index contributed by atoms with van der Waals surface area (Å²) in [5.41, 5.74) is -0.474. The van der Waals surface area contributed by atoms with Crippen LogP contribution in [0, 0.1) is 0 Å². The van der Waals surface area contributed by atoms with Crippen LogP contribution >= 0.6 is 10.7 Å². The van der Waals surface area contributed by atoms with Gasteiger partial charge in [0.05, 0.1) is 5.56 Å². The van der Waals surface area contributed by atoms with Crippen LogP contribution in [0.2, 0.25) is 0 Å². The zero-order valence-corrected chi connectivity index (χ0v) is 8.21. The van der Waals surface area contributed by atoms with Crippen molar-refractivity contribution in [3.8, 4) is 5.75 Å². The van der Waals surface area contributed by atoms with E-state index in [1.54, 1.807) is 0 Å². The number of phenolic OH excluding ortho intramolecular Hbond substituents is 1. The van der Waals surface area contributed by atoms with Gasteiger partial charge in [-0.15, -0.1) is 0 Å². The molecule has 76 valence electrons. The summed E-state index contributed by atoms with van der Waals surface area (Å²) in [5, 5.41) is 17.6. The third kappa shape index (κ3) is 2.15. The fraction of sp³-hybridized carbons (Fsp3) is 0. The molecule has 2 N–H and O–H groups in total. The van der Waals surface area contributed by atoms with E-state index in [-0.39, 0.29) is 5.75 Å². The Balaban J connectivity index is 3.54. The Kier molecular flexibility index (Phi) is 2.68. The molecule has 0 unspecified atom stereocenters. The van der Waals surface area contributed by atoms with Gasteiger partial charge in [0.25, 0.3) is 9.05 Å². The normalized spacial score (nSPS) is 11.2. The predicted octanol–water partition coefficient (Wildman–Crippen LogP) is 1.02. The Morgan fingerprint density at radius 2 is 1.93 bits per heavy atom. The summed E-state index contributed by atoms with van der Waals surface area (Å²) in [6.45, 7) is 0. The van der Waals surface area contributed by atoms with Crippen LogP contribution in [0.1, 0.15) is 10.4 Å². The third-order valence-corrected chi connectivity index (χ3v) is 2.82. The zero-order chi connectivity index (χ0) is 10.9. The largest absolute Gasteiger partial charge is 0.508 e. The summed E-state index contributed by atoms with van der Waals surface area (Å²) in [7, 11) is 0.808. The van der Waals surface area contributed by atoms with Crippen LogP contribution in [-0.4, -0.2) is 24.6 Å². The van der Waals surface area contributed by atoms with Crippen molar-refractivity contribution in [3.63, 3.8) is 0 Å². The fourth-order valence-corrected chi connectivity index (χ4v) is 1.95. The minimum absolute atomic E-state index is 0.366. The zero-order valence-electron chi connectivity index (χ0n) is 6.64. The number of carboxylic acid groups (broad SMARTS) is 1. The van der Waals surface area contributed by atoms with Crippen molar-refractivity contribution in [2.45, 2.75) is 4.90 Å². The van der Waals surface area contributed by atoms with Crippen molar-refractivity contribution in [1.29, 1.82) is 0 Å². The lowest BCUT2D eigenvalue weighted by molar-refractivity contribution is 0.0692. The van der Waals surface area contributed by atoms with Crippen molar-refractivity contribution in [3.05, 3.63) is 23.8 Å². The molecule has 0 saturated carbocycles. The molecule has 1 aromatic rings. The highest BCUT2D eigenvalue weighted by molar-refractivity contribution is 8.13. The Morgan fingerprint density at radius 1 is 1.36 bits per heavy atom. The smallest absolute Gasteiger partial charge is 0.337 e. The maximum Gasteiger partial charge on any atom is 0.337 e. The predicted molar refractivity (Wildman–Crippen MR) is 48.1 cm³/mol. The maximum atomic E-state index is 10.9. The summed E-state index contributed by atoms with van der Waals surface area (Å²) in [6.07, 6.45) is 0. The molecule has 0 bridgehead atoms. The number of phenols is 1. The van der Waals surface area contributed by atoms with Crippen LogP contribution in [0.3, 0.4) is 0 Å². The molecular formula is C7H5ClO5S. The lowest BCUT2D eigenvalue weighted by Gasteiger charge is -2.02. The first-order chi connectivity index (χ1) is 6.32. The molecule has 0 fully saturated rings. The van der Waals surface area contributed by atoms with E-state index in [9.17, 15) is 13.2 Å². The van der Waals surface area contributed by atoms with Crippen molar-refractivity contribution in [1.82, 2.24) is 0 Å². The third-order valence-electron chi connectivity index (χ3n) is 1.46. The summed E-state index contributed by atoms with van der Waals surface area (Å²) < 4.78 is 21.8. The van der Waals surface area contributed by atoms with Crippen LogP contribution in [-0.2, 0) is 9.05 Å². The summed E-state index contributed by atoms with van der Waals surface area (Å²) in [4.78, 5) is 9.96. The van der Waals surface area contributed by atoms with E-state index in [0.717, 1.165) is 18.2 Å². The van der Waals surface area contributed by atoms with Crippen LogP contribution in [0.25, 0.3) is 0 Å². The quantitative estimate of drug-likeness (QED) is 0.748. The van der Waals surface area contributed by atoms with E-state index < -0.39 is 25.5 Å². The number of halogens is 1. The molecule has 0 heterocycles. The topological polar surface area (TPSA) is 91.7 Å². The standard InChI is InChI=1S/C7H5ClO5S/c8-14(12,13)6-3-4(9)1-2-5(6)7(10)11/h1-3,9H,(H,10,11). The summed E-state index contributed by atoms with van der Waals surface area (Å²) in [6, 6.07) is 2.81. The number of aromatic carboxylic acids is 1. The van der Waals surface area contributed by atoms with Gasteiger partial charge in [0, 0.05) is 16.7 Å². The van der Waals surface area contributed by atoms with Crippen molar-refractivity contribution >= 4 is 25.7 Å². The van der Waals surface area contributed by atoms with Crippen LogP contribution in [0.15, 0.2) is 23.1 Å². The van der Waals surface area contributed by atoms with E-state index in [1.165, 1.54) is 0 Å². The minimum Gasteiger partial charge on any atom is -0.508 e. The Bertz CT molecular complexity index is 479. The van der Waals surface area contributed by atoms with E-state index >= 15 is 0 Å². The first kappa shape index (κ1) is 10.8. The Hall–Kier alpha value is -1.27. The van der Waals surface area contributed by atoms with Gasteiger partial charge in [0.15, 0.2) is 0 Å². The second kappa shape index (κ2) is 3.47. The van der Waals surface area contributed by atoms with E-state index in [0.29, 0.717) is 0 Å². The van der Waals surface area contributed by atoms with Crippen molar-refractivity contribution in [2.24, 2.45) is 0 Å². The maximum absolute atomic E-state index is 10.9. The first-order valence-corrected chi connectivity index (χ1v) is 5.64. The van der Waals surface area contributed by atoms with Crippen LogP contribution < -0.4 is 0 Å². The van der Waals surface area contributed by atoms with Gasteiger partial charge in [0.2, 0.25) is 0 Å². The molecule has 0 aliphatic rings. The first-order valence-electron chi connectivity index (χ1n) is 3.33. The number of carbonyl (C=O) groups is 1. The monoisotopic (exact) mass is 236 g/mol. The number of aromatic hydroxyl groups is 1. The lowest BCUT2D eigenvalue weighted by Crippen LogP contribution is -2.04. The van der Waals surface area contributed by atoms with E-state index in [2.05, 4.69) is 0 Å². The molecular weight excluding hydrogens is 232 g/mol. The van der Waals surface area contributed by atoms with Crippen molar-refractivity contribution < 1.29 is 23.4 Å². The van der Waals surface area contributed by atoms with Gasteiger partial charge in [-0.2, -0.15) is 0 Å². The molecule has 1 rings (SSSR count). The van der Waals surface area contributed by atoms with Crippen LogP contribution in [0.5, 0.6) is 5.75 Å². The van der Waals surface area contributed by atoms with Gasteiger partial charge in [-0.3, -0.25) is 0 Å². The second-order valence-electron chi connectivity index (χ2n) is 2.42. The molecule has 0 aliphatic carbocycles. The average molecular weight is 237 g/mol. The van der Waals surface area contributed by atoms with Crippen molar-refractivity contribution in [2.75, 3.05) is 0 Å². The number of benzene rings is 1. The number of hydrogen-bond acceptors (Lipinski definition) is 4. The highest BCUT2D eigenvalue weighted by atomic mass is 35.7. The Morgan fingerprint density at radius 3 is 2.36 bits per heavy atom. The highest BCUT2D eigenvalue weighted by Crippen LogP contribution is 2.24. The molecule has 0 aliphatic heterocycles. The molecule has 14 heavy (non-hydrogen) atoms. The fourth-order valence-electron chi connectivity index (χ4n) is 0.889. The molecule has 0 amide bonds. The minimum atomic E-state index is -4.17. The number of rotatable bonds is 2. The van der Waals surface area contributed by atoms with Gasteiger partial charge < -0.3 is 10.2 Å². The van der Waals surface area contributed by atoms with Gasteiger partial charge in [-0.05, 0) is 12.1 Å². The SMILES string of the molecule is O=C(O)c1ccc(O)cc1S(=O)(=O)Cl. The van der Waals surface area contributed by atoms with Gasteiger partial charge in [0.1, 0.15) is 10.6 Å². The Labute approximate surface area is 84.0 Å². The molecule has 1 aromatic carbocycles. The summed E-state index contributed by atoms with van der Waals surface area (Å²) >= 11 is 0. The number of hydrogen-bond donors (Lipinski definition) is 2. The van der Waals surface area contributed by atoms with E-state index in [4.69, 9.17) is 20.9 Å². The van der Waals surface area contributed by atoms with Crippen LogP contribution in [0.4, 0.5) is 0 Å². The van der Waals surface area contributed by atoms with Gasteiger partial charge in [-0.25, -0.2) is 13.2 Å². The van der Waals surface area contributed by atoms with Gasteiger partial charge in [-0.1, -0.05) is 0 Å². The molecule has 0 radical (unpaired) electrons. The molecule has 0 aromatic heterocycles. The summed E-state index contributed by atoms with van der Waals surface area (Å²) in [5.74, 6) is -1.79.